The SMILES string of the molecule is CCC(C)CN(CC)CCC(=O)c1ccc(F)cn1. The molecule has 0 aliphatic heterocycles. The first-order chi connectivity index (χ1) is 9.06. The van der Waals surface area contributed by atoms with Crippen molar-refractivity contribution in [2.24, 2.45) is 5.92 Å². The van der Waals surface area contributed by atoms with Gasteiger partial charge in [-0.15, -0.1) is 0 Å². The fourth-order valence-corrected chi connectivity index (χ4v) is 1.88. The maximum atomic E-state index is 12.7. The minimum absolute atomic E-state index is 0.0254. The van der Waals surface area contributed by atoms with Gasteiger partial charge in [0, 0.05) is 19.5 Å². The summed E-state index contributed by atoms with van der Waals surface area (Å²) in [5, 5.41) is 0. The summed E-state index contributed by atoms with van der Waals surface area (Å²) in [6.07, 6.45) is 2.66. The molecule has 0 aliphatic carbocycles. The fraction of sp³-hybridized carbons (Fsp3) is 0.600. The van der Waals surface area contributed by atoms with Crippen LogP contribution in [0.4, 0.5) is 4.39 Å². The Bertz CT molecular complexity index is 392. The molecule has 0 amide bonds. The molecule has 0 saturated heterocycles. The third-order valence-corrected chi connectivity index (χ3v) is 3.38. The molecule has 1 unspecified atom stereocenters. The van der Waals surface area contributed by atoms with E-state index in [0.717, 1.165) is 32.3 Å². The highest BCUT2D eigenvalue weighted by Gasteiger charge is 2.12. The van der Waals surface area contributed by atoms with Crippen molar-refractivity contribution in [3.8, 4) is 0 Å². The number of pyridine rings is 1. The number of carbonyl (C=O) groups excluding carboxylic acids is 1. The molecular weight excluding hydrogens is 243 g/mol. The van der Waals surface area contributed by atoms with Gasteiger partial charge in [-0.2, -0.15) is 0 Å². The van der Waals surface area contributed by atoms with E-state index in [9.17, 15) is 9.18 Å². The molecule has 3 nitrogen and oxygen atoms in total. The van der Waals surface area contributed by atoms with Gasteiger partial charge in [0.05, 0.1) is 6.20 Å². The highest BCUT2D eigenvalue weighted by Crippen LogP contribution is 2.07. The standard InChI is InChI=1S/C15H23FN2O/c1-4-12(3)11-18(5-2)9-8-15(19)14-7-6-13(16)10-17-14/h6-7,10,12H,4-5,8-9,11H2,1-3H3. The number of halogens is 1. The molecule has 0 aliphatic rings. The zero-order valence-electron chi connectivity index (χ0n) is 12.0. The van der Waals surface area contributed by atoms with Gasteiger partial charge in [0.1, 0.15) is 11.5 Å². The summed E-state index contributed by atoms with van der Waals surface area (Å²) in [7, 11) is 0. The van der Waals surface area contributed by atoms with Crippen molar-refractivity contribution in [3.05, 3.63) is 29.8 Å². The van der Waals surface area contributed by atoms with E-state index >= 15 is 0 Å². The highest BCUT2D eigenvalue weighted by molar-refractivity contribution is 5.94. The molecule has 0 bridgehead atoms. The quantitative estimate of drug-likeness (QED) is 0.678. The molecule has 1 atom stereocenters. The Morgan fingerprint density at radius 1 is 1.42 bits per heavy atom. The summed E-state index contributed by atoms with van der Waals surface area (Å²) in [6, 6.07) is 2.72. The van der Waals surface area contributed by atoms with Crippen molar-refractivity contribution in [1.82, 2.24) is 9.88 Å². The van der Waals surface area contributed by atoms with Crippen LogP contribution >= 0.6 is 0 Å². The number of carbonyl (C=O) groups is 1. The third kappa shape index (κ3) is 5.47. The molecule has 0 aromatic carbocycles. The average Bonchev–Trinajstić information content (AvgIpc) is 2.43. The Hall–Kier alpha value is -1.29. The topological polar surface area (TPSA) is 33.2 Å². The summed E-state index contributed by atoms with van der Waals surface area (Å²) in [5.41, 5.74) is 0.348. The van der Waals surface area contributed by atoms with Crippen LogP contribution in [-0.2, 0) is 0 Å². The van der Waals surface area contributed by atoms with Crippen molar-refractivity contribution < 1.29 is 9.18 Å². The lowest BCUT2D eigenvalue weighted by Crippen LogP contribution is -2.30. The lowest BCUT2D eigenvalue weighted by molar-refractivity contribution is 0.0956. The van der Waals surface area contributed by atoms with E-state index < -0.39 is 5.82 Å². The monoisotopic (exact) mass is 266 g/mol. The second-order valence-corrected chi connectivity index (χ2v) is 4.94. The van der Waals surface area contributed by atoms with E-state index in [1.54, 1.807) is 0 Å². The molecule has 1 heterocycles. The molecule has 0 N–H and O–H groups in total. The smallest absolute Gasteiger partial charge is 0.182 e. The van der Waals surface area contributed by atoms with E-state index in [1.165, 1.54) is 12.1 Å². The van der Waals surface area contributed by atoms with Crippen molar-refractivity contribution in [1.29, 1.82) is 0 Å². The molecule has 0 fully saturated rings. The second-order valence-electron chi connectivity index (χ2n) is 4.94. The van der Waals surface area contributed by atoms with Gasteiger partial charge in [0.25, 0.3) is 0 Å². The van der Waals surface area contributed by atoms with Gasteiger partial charge < -0.3 is 4.90 Å². The lowest BCUT2D eigenvalue weighted by Gasteiger charge is -2.23. The zero-order chi connectivity index (χ0) is 14.3. The first kappa shape index (κ1) is 15.8. The zero-order valence-corrected chi connectivity index (χ0v) is 12.0. The van der Waals surface area contributed by atoms with Gasteiger partial charge in [-0.3, -0.25) is 9.78 Å². The van der Waals surface area contributed by atoms with Gasteiger partial charge in [-0.1, -0.05) is 27.2 Å². The summed E-state index contributed by atoms with van der Waals surface area (Å²) < 4.78 is 12.7. The first-order valence-corrected chi connectivity index (χ1v) is 6.93. The van der Waals surface area contributed by atoms with Gasteiger partial charge in [0.15, 0.2) is 5.78 Å². The maximum Gasteiger partial charge on any atom is 0.182 e. The van der Waals surface area contributed by atoms with Crippen LogP contribution < -0.4 is 0 Å². The van der Waals surface area contributed by atoms with Crippen LogP contribution in [0.2, 0.25) is 0 Å². The van der Waals surface area contributed by atoms with Crippen LogP contribution in [0, 0.1) is 11.7 Å². The minimum Gasteiger partial charge on any atom is -0.303 e. The molecule has 1 rings (SSSR count). The molecule has 0 spiro atoms. The lowest BCUT2D eigenvalue weighted by atomic mass is 10.1. The van der Waals surface area contributed by atoms with Gasteiger partial charge in [0.2, 0.25) is 0 Å². The Labute approximate surface area is 114 Å². The normalized spacial score (nSPS) is 12.7. The van der Waals surface area contributed by atoms with Crippen LogP contribution in [0.25, 0.3) is 0 Å². The van der Waals surface area contributed by atoms with Gasteiger partial charge in [-0.25, -0.2) is 4.39 Å². The number of hydrogen-bond donors (Lipinski definition) is 0. The van der Waals surface area contributed by atoms with Crippen molar-refractivity contribution in [2.75, 3.05) is 19.6 Å². The van der Waals surface area contributed by atoms with Crippen LogP contribution in [-0.4, -0.2) is 35.3 Å². The Morgan fingerprint density at radius 2 is 2.16 bits per heavy atom. The predicted molar refractivity (Wildman–Crippen MR) is 74.7 cm³/mol. The molecule has 1 aromatic rings. The van der Waals surface area contributed by atoms with Crippen molar-refractivity contribution in [2.45, 2.75) is 33.6 Å². The van der Waals surface area contributed by atoms with Crippen molar-refractivity contribution in [3.63, 3.8) is 0 Å². The Kier molecular flexibility index (Phi) is 6.64. The van der Waals surface area contributed by atoms with Gasteiger partial charge >= 0.3 is 0 Å². The summed E-state index contributed by atoms with van der Waals surface area (Å²) in [6.45, 7) is 9.17. The number of rotatable bonds is 8. The van der Waals surface area contributed by atoms with Gasteiger partial charge in [-0.05, 0) is 24.6 Å². The molecule has 0 radical (unpaired) electrons. The first-order valence-electron chi connectivity index (χ1n) is 6.93. The summed E-state index contributed by atoms with van der Waals surface area (Å²) in [5.74, 6) is 0.199. The number of aromatic nitrogens is 1. The Morgan fingerprint density at radius 3 is 2.68 bits per heavy atom. The molecule has 106 valence electrons. The highest BCUT2D eigenvalue weighted by atomic mass is 19.1. The number of Topliss-reactive ketones (excluding diaryl/α,β-unsaturated/α-hetero) is 1. The third-order valence-electron chi connectivity index (χ3n) is 3.38. The largest absolute Gasteiger partial charge is 0.303 e. The van der Waals surface area contributed by atoms with E-state index in [2.05, 4.69) is 30.7 Å². The van der Waals surface area contributed by atoms with Crippen LogP contribution in [0.15, 0.2) is 18.3 Å². The summed E-state index contributed by atoms with van der Waals surface area (Å²) >= 11 is 0. The molecule has 0 saturated carbocycles. The number of ketones is 1. The number of hydrogen-bond acceptors (Lipinski definition) is 3. The van der Waals surface area contributed by atoms with E-state index in [1.807, 2.05) is 0 Å². The molecule has 4 heteroatoms. The number of nitrogens with zero attached hydrogens (tertiary/aromatic N) is 2. The van der Waals surface area contributed by atoms with E-state index in [4.69, 9.17) is 0 Å². The average molecular weight is 266 g/mol. The van der Waals surface area contributed by atoms with Crippen LogP contribution in [0.3, 0.4) is 0 Å². The Balaban J connectivity index is 2.46. The van der Waals surface area contributed by atoms with Crippen LogP contribution in [0.5, 0.6) is 0 Å². The fourth-order valence-electron chi connectivity index (χ4n) is 1.88. The van der Waals surface area contributed by atoms with Crippen LogP contribution in [0.1, 0.15) is 44.1 Å². The van der Waals surface area contributed by atoms with E-state index in [0.29, 0.717) is 18.0 Å². The molecular formula is C15H23FN2O. The summed E-state index contributed by atoms with van der Waals surface area (Å²) in [4.78, 5) is 18.0. The second kappa shape index (κ2) is 8.00. The predicted octanol–water partition coefficient (Wildman–Crippen LogP) is 3.16. The van der Waals surface area contributed by atoms with E-state index in [-0.39, 0.29) is 5.78 Å². The maximum absolute atomic E-state index is 12.7. The minimum atomic E-state index is -0.413. The molecule has 1 aromatic heterocycles. The van der Waals surface area contributed by atoms with Crippen molar-refractivity contribution >= 4 is 5.78 Å². The molecule has 19 heavy (non-hydrogen) atoms.